The van der Waals surface area contributed by atoms with E-state index in [1.807, 2.05) is 29.2 Å². The molecule has 0 saturated carbocycles. The van der Waals surface area contributed by atoms with Crippen LogP contribution in [0.4, 0.5) is 5.69 Å². The second-order valence-corrected chi connectivity index (χ2v) is 7.99. The van der Waals surface area contributed by atoms with Gasteiger partial charge in [-0.15, -0.1) is 0 Å². The van der Waals surface area contributed by atoms with Gasteiger partial charge in [-0.05, 0) is 42.7 Å². The van der Waals surface area contributed by atoms with Crippen LogP contribution in [-0.2, 0) is 11.2 Å². The minimum atomic E-state index is 0.244. The lowest BCUT2D eigenvalue weighted by Gasteiger charge is -2.36. The maximum atomic E-state index is 12.6. The highest BCUT2D eigenvalue weighted by atomic mass is 35.5. The van der Waals surface area contributed by atoms with Gasteiger partial charge in [-0.2, -0.15) is 0 Å². The summed E-state index contributed by atoms with van der Waals surface area (Å²) >= 11 is 12.1. The van der Waals surface area contributed by atoms with Crippen LogP contribution in [0.25, 0.3) is 10.9 Å². The summed E-state index contributed by atoms with van der Waals surface area (Å²) in [5, 5.41) is 2.38. The van der Waals surface area contributed by atoms with Crippen LogP contribution in [0.15, 0.2) is 48.7 Å². The topological polar surface area (TPSA) is 39.3 Å². The third-order valence-corrected chi connectivity index (χ3v) is 6.15. The van der Waals surface area contributed by atoms with E-state index in [1.54, 1.807) is 0 Å². The number of amides is 1. The molecule has 0 bridgehead atoms. The number of aryl methyl sites for hydroxylation is 1. The van der Waals surface area contributed by atoms with E-state index < -0.39 is 0 Å². The second kappa shape index (κ2) is 8.46. The largest absolute Gasteiger partial charge is 0.368 e. The van der Waals surface area contributed by atoms with Crippen molar-refractivity contribution in [2.45, 2.75) is 19.3 Å². The smallest absolute Gasteiger partial charge is 0.222 e. The van der Waals surface area contributed by atoms with E-state index in [4.69, 9.17) is 23.2 Å². The highest BCUT2D eigenvalue weighted by Gasteiger charge is 2.21. The summed E-state index contributed by atoms with van der Waals surface area (Å²) in [7, 11) is 0. The van der Waals surface area contributed by atoms with Gasteiger partial charge in [0.2, 0.25) is 5.91 Å². The average molecular weight is 416 g/mol. The molecule has 1 amide bonds. The Balaban J connectivity index is 1.26. The fraction of sp³-hybridized carbons (Fsp3) is 0.318. The van der Waals surface area contributed by atoms with Gasteiger partial charge in [-0.25, -0.2) is 0 Å². The van der Waals surface area contributed by atoms with Crippen LogP contribution in [0.2, 0.25) is 10.0 Å². The van der Waals surface area contributed by atoms with Gasteiger partial charge in [-0.1, -0.05) is 41.4 Å². The van der Waals surface area contributed by atoms with Crippen LogP contribution in [-0.4, -0.2) is 42.0 Å². The standard InChI is InChI=1S/C22H23Cl2N3O/c23-19-9-8-17(14-20(19)24)26-10-12-27(13-11-26)22(28)7-3-4-16-15-25-21-6-2-1-5-18(16)21/h1-2,5-6,8-9,14-15,25H,3-4,7,10-13H2. The van der Waals surface area contributed by atoms with Gasteiger partial charge in [0, 0.05) is 55.4 Å². The Labute approximate surface area is 175 Å². The van der Waals surface area contributed by atoms with Crippen LogP contribution in [0.5, 0.6) is 0 Å². The van der Waals surface area contributed by atoms with Crippen LogP contribution >= 0.6 is 23.2 Å². The second-order valence-electron chi connectivity index (χ2n) is 7.18. The number of benzene rings is 2. The maximum Gasteiger partial charge on any atom is 0.222 e. The van der Waals surface area contributed by atoms with Crippen molar-refractivity contribution in [3.63, 3.8) is 0 Å². The van der Waals surface area contributed by atoms with Gasteiger partial charge in [-0.3, -0.25) is 4.79 Å². The molecule has 28 heavy (non-hydrogen) atoms. The van der Waals surface area contributed by atoms with Crippen molar-refractivity contribution in [1.82, 2.24) is 9.88 Å². The van der Waals surface area contributed by atoms with Gasteiger partial charge in [0.25, 0.3) is 0 Å². The molecular formula is C22H23Cl2N3O. The zero-order valence-electron chi connectivity index (χ0n) is 15.6. The first-order valence-electron chi connectivity index (χ1n) is 9.64. The average Bonchev–Trinajstić information content (AvgIpc) is 3.13. The highest BCUT2D eigenvalue weighted by Crippen LogP contribution is 2.28. The van der Waals surface area contributed by atoms with Crippen molar-refractivity contribution >= 4 is 45.7 Å². The lowest BCUT2D eigenvalue weighted by atomic mass is 10.1. The first kappa shape index (κ1) is 19.2. The van der Waals surface area contributed by atoms with Gasteiger partial charge in [0.1, 0.15) is 0 Å². The van der Waals surface area contributed by atoms with Crippen molar-refractivity contribution in [1.29, 1.82) is 0 Å². The van der Waals surface area contributed by atoms with E-state index in [2.05, 4.69) is 34.3 Å². The minimum absolute atomic E-state index is 0.244. The molecule has 6 heteroatoms. The molecular weight excluding hydrogens is 393 g/mol. The summed E-state index contributed by atoms with van der Waals surface area (Å²) < 4.78 is 0. The van der Waals surface area contributed by atoms with Crippen molar-refractivity contribution in [2.75, 3.05) is 31.1 Å². The van der Waals surface area contributed by atoms with E-state index in [9.17, 15) is 4.79 Å². The zero-order valence-corrected chi connectivity index (χ0v) is 17.1. The Bertz CT molecular complexity index is 977. The number of nitrogens with zero attached hydrogens (tertiary/aromatic N) is 2. The number of fused-ring (bicyclic) bond motifs is 1. The minimum Gasteiger partial charge on any atom is -0.368 e. The number of hydrogen-bond donors (Lipinski definition) is 1. The monoisotopic (exact) mass is 415 g/mol. The number of H-pyrrole nitrogens is 1. The summed E-state index contributed by atoms with van der Waals surface area (Å²) in [6.07, 6.45) is 4.43. The van der Waals surface area contributed by atoms with E-state index in [1.165, 1.54) is 10.9 Å². The van der Waals surface area contributed by atoms with Crippen LogP contribution in [0.3, 0.4) is 0 Å². The quantitative estimate of drug-likeness (QED) is 0.625. The molecule has 1 N–H and O–H groups in total. The van der Waals surface area contributed by atoms with Gasteiger partial charge in [0.15, 0.2) is 0 Å². The molecule has 2 aromatic carbocycles. The number of piperazine rings is 1. The first-order valence-corrected chi connectivity index (χ1v) is 10.4. The molecule has 1 fully saturated rings. The summed E-state index contributed by atoms with van der Waals surface area (Å²) in [6, 6.07) is 14.0. The number of aromatic amines is 1. The van der Waals surface area contributed by atoms with E-state index in [0.29, 0.717) is 16.5 Å². The highest BCUT2D eigenvalue weighted by molar-refractivity contribution is 6.42. The molecule has 1 saturated heterocycles. The van der Waals surface area contributed by atoms with E-state index in [0.717, 1.165) is 50.2 Å². The molecule has 146 valence electrons. The van der Waals surface area contributed by atoms with Crippen LogP contribution in [0.1, 0.15) is 18.4 Å². The molecule has 0 radical (unpaired) electrons. The molecule has 0 spiro atoms. The third kappa shape index (κ3) is 4.13. The number of anilines is 1. The molecule has 2 heterocycles. The molecule has 1 aromatic heterocycles. The number of aromatic nitrogens is 1. The van der Waals surface area contributed by atoms with E-state index in [-0.39, 0.29) is 5.91 Å². The predicted molar refractivity (Wildman–Crippen MR) is 116 cm³/mol. The van der Waals surface area contributed by atoms with Crippen molar-refractivity contribution in [3.8, 4) is 0 Å². The van der Waals surface area contributed by atoms with Gasteiger partial charge >= 0.3 is 0 Å². The number of hydrogen-bond acceptors (Lipinski definition) is 2. The molecule has 0 unspecified atom stereocenters. The summed E-state index contributed by atoms with van der Waals surface area (Å²) in [5.41, 5.74) is 3.50. The van der Waals surface area contributed by atoms with Crippen molar-refractivity contribution in [3.05, 3.63) is 64.3 Å². The lowest BCUT2D eigenvalue weighted by molar-refractivity contribution is -0.131. The third-order valence-electron chi connectivity index (χ3n) is 5.41. The Morgan fingerprint density at radius 2 is 1.79 bits per heavy atom. The SMILES string of the molecule is O=C(CCCc1c[nH]c2ccccc12)N1CCN(c2ccc(Cl)c(Cl)c2)CC1. The summed E-state index contributed by atoms with van der Waals surface area (Å²) in [5.74, 6) is 0.244. The molecule has 0 aliphatic carbocycles. The zero-order chi connectivity index (χ0) is 19.5. The molecule has 4 rings (SSSR count). The maximum absolute atomic E-state index is 12.6. The fourth-order valence-electron chi connectivity index (χ4n) is 3.82. The molecule has 1 aliphatic heterocycles. The first-order chi connectivity index (χ1) is 13.6. The van der Waals surface area contributed by atoms with Crippen LogP contribution < -0.4 is 4.90 Å². The molecule has 3 aromatic rings. The Morgan fingerprint density at radius 3 is 2.57 bits per heavy atom. The van der Waals surface area contributed by atoms with Crippen LogP contribution in [0, 0.1) is 0 Å². The Kier molecular flexibility index (Phi) is 5.79. The van der Waals surface area contributed by atoms with Crippen molar-refractivity contribution in [2.24, 2.45) is 0 Å². The number of rotatable bonds is 5. The number of halogens is 2. The Morgan fingerprint density at radius 1 is 1.00 bits per heavy atom. The fourth-order valence-corrected chi connectivity index (χ4v) is 4.11. The lowest BCUT2D eigenvalue weighted by Crippen LogP contribution is -2.48. The van der Waals surface area contributed by atoms with Gasteiger partial charge in [0.05, 0.1) is 10.0 Å². The normalized spacial score (nSPS) is 14.6. The number of carbonyl (C=O) groups is 1. The summed E-state index contributed by atoms with van der Waals surface area (Å²) in [6.45, 7) is 3.11. The predicted octanol–water partition coefficient (Wildman–Crippen LogP) is 5.15. The number of carbonyl (C=O) groups excluding carboxylic acids is 1. The number of nitrogens with one attached hydrogen (secondary N) is 1. The molecule has 4 nitrogen and oxygen atoms in total. The van der Waals surface area contributed by atoms with Gasteiger partial charge < -0.3 is 14.8 Å². The molecule has 0 atom stereocenters. The Hall–Kier alpha value is -2.17. The number of para-hydroxylation sites is 1. The van der Waals surface area contributed by atoms with Crippen molar-refractivity contribution < 1.29 is 4.79 Å². The van der Waals surface area contributed by atoms with E-state index >= 15 is 0 Å². The summed E-state index contributed by atoms with van der Waals surface area (Å²) in [4.78, 5) is 20.1. The molecule has 1 aliphatic rings.